The van der Waals surface area contributed by atoms with E-state index in [-0.39, 0.29) is 5.75 Å². The molecule has 0 amide bonds. The van der Waals surface area contributed by atoms with E-state index in [9.17, 15) is 5.11 Å². The van der Waals surface area contributed by atoms with E-state index < -0.39 is 0 Å². The zero-order valence-corrected chi connectivity index (χ0v) is 11.8. The summed E-state index contributed by atoms with van der Waals surface area (Å²) in [5.74, 6) is 0.890. The highest BCUT2D eigenvalue weighted by Crippen LogP contribution is 2.44. The number of fused-ring (bicyclic) bond motifs is 3. The largest absolute Gasteiger partial charge is 0.508 e. The molecule has 0 aliphatic carbocycles. The van der Waals surface area contributed by atoms with Crippen molar-refractivity contribution in [2.24, 2.45) is 10.2 Å². The van der Waals surface area contributed by atoms with Crippen LogP contribution in [0, 0.1) is 0 Å². The fourth-order valence-electron chi connectivity index (χ4n) is 2.46. The number of ether oxygens (including phenoxy) is 2. The molecule has 110 valence electrons. The number of azo groups is 1. The van der Waals surface area contributed by atoms with E-state index in [0.717, 1.165) is 16.9 Å². The average Bonchev–Trinajstić information content (AvgIpc) is 2.89. The lowest BCUT2D eigenvalue weighted by atomic mass is 10.2. The van der Waals surface area contributed by atoms with Gasteiger partial charge >= 0.3 is 0 Å². The van der Waals surface area contributed by atoms with Gasteiger partial charge in [-0.2, -0.15) is 0 Å². The molecule has 1 N–H and O–H groups in total. The highest BCUT2D eigenvalue weighted by molar-refractivity contribution is 5.95. The van der Waals surface area contributed by atoms with Gasteiger partial charge in [-0.3, -0.25) is 0 Å². The number of hydrogen-bond donors (Lipinski definition) is 1. The summed E-state index contributed by atoms with van der Waals surface area (Å²) in [6.45, 7) is 0. The number of phenolic OH excluding ortho intramolecular Hbond substituents is 1. The number of nitrogens with zero attached hydrogens (tertiary/aromatic N) is 5. The Bertz CT molecular complexity index is 907. The van der Waals surface area contributed by atoms with Gasteiger partial charge in [-0.1, -0.05) is 5.21 Å². The monoisotopic (exact) mass is 297 g/mol. The molecule has 0 saturated carbocycles. The Kier molecular flexibility index (Phi) is 2.52. The van der Waals surface area contributed by atoms with E-state index >= 15 is 0 Å². The highest BCUT2D eigenvalue weighted by Gasteiger charge is 2.22. The summed E-state index contributed by atoms with van der Waals surface area (Å²) in [4.78, 5) is 0. The molecule has 8 nitrogen and oxygen atoms in total. The van der Waals surface area contributed by atoms with Crippen molar-refractivity contribution in [3.05, 3.63) is 24.3 Å². The normalized spacial score (nSPS) is 12.1. The van der Waals surface area contributed by atoms with Crippen LogP contribution < -0.4 is 9.47 Å². The molecule has 0 fully saturated rings. The van der Waals surface area contributed by atoms with Gasteiger partial charge in [-0.15, -0.1) is 15.3 Å². The van der Waals surface area contributed by atoms with Crippen LogP contribution in [0.25, 0.3) is 16.7 Å². The Morgan fingerprint density at radius 1 is 1.05 bits per heavy atom. The maximum atomic E-state index is 9.75. The van der Waals surface area contributed by atoms with Crippen LogP contribution in [-0.2, 0) is 0 Å². The molecule has 4 rings (SSSR count). The zero-order chi connectivity index (χ0) is 15.3. The molecule has 3 aromatic rings. The second-order valence-electron chi connectivity index (χ2n) is 4.70. The molecule has 1 aromatic heterocycles. The minimum atomic E-state index is 0.0414. The van der Waals surface area contributed by atoms with Crippen molar-refractivity contribution in [3.8, 4) is 22.9 Å². The predicted molar refractivity (Wildman–Crippen MR) is 77.8 cm³/mol. The lowest BCUT2D eigenvalue weighted by Gasteiger charge is -2.14. The van der Waals surface area contributed by atoms with E-state index in [4.69, 9.17) is 9.47 Å². The van der Waals surface area contributed by atoms with Crippen molar-refractivity contribution in [2.75, 3.05) is 14.2 Å². The Balaban J connectivity index is 2.02. The third-order valence-electron chi connectivity index (χ3n) is 3.51. The van der Waals surface area contributed by atoms with Crippen molar-refractivity contribution < 1.29 is 14.6 Å². The predicted octanol–water partition coefficient (Wildman–Crippen LogP) is 2.87. The number of benzene rings is 2. The van der Waals surface area contributed by atoms with Gasteiger partial charge in [0.25, 0.3) is 0 Å². The Hall–Kier alpha value is -3.16. The average molecular weight is 297 g/mol. The lowest BCUT2D eigenvalue weighted by molar-refractivity contribution is 0.380. The van der Waals surface area contributed by atoms with Gasteiger partial charge < -0.3 is 14.6 Å². The first-order chi connectivity index (χ1) is 10.7. The zero-order valence-electron chi connectivity index (χ0n) is 11.8. The quantitative estimate of drug-likeness (QED) is 0.627. The number of phenols is 1. The molecule has 0 spiro atoms. The summed E-state index contributed by atoms with van der Waals surface area (Å²) in [5, 5.41) is 26.0. The molecular weight excluding hydrogens is 286 g/mol. The number of rotatable bonds is 3. The summed E-state index contributed by atoms with van der Waals surface area (Å²) in [6.07, 6.45) is 0. The van der Waals surface area contributed by atoms with Crippen LogP contribution in [0.1, 0.15) is 0 Å². The van der Waals surface area contributed by atoms with Crippen LogP contribution >= 0.6 is 0 Å². The standard InChI is InChI=1S/C14H11N5O3/c1-21-10-5-7(20)6-11(22-2)14(10)19-9-4-3-8-12(16-15-8)13(9)17-18-19/h3-6,20H,1-2H3. The van der Waals surface area contributed by atoms with E-state index in [1.54, 1.807) is 4.68 Å². The third kappa shape index (κ3) is 1.57. The molecule has 1 aliphatic rings. The van der Waals surface area contributed by atoms with E-state index in [0.29, 0.717) is 22.7 Å². The molecule has 0 radical (unpaired) electrons. The maximum Gasteiger partial charge on any atom is 0.152 e. The fraction of sp³-hybridized carbons (Fsp3) is 0.143. The summed E-state index contributed by atoms with van der Waals surface area (Å²) in [6, 6.07) is 6.69. The van der Waals surface area contributed by atoms with Crippen molar-refractivity contribution in [1.82, 2.24) is 15.0 Å². The van der Waals surface area contributed by atoms with Gasteiger partial charge in [0, 0.05) is 12.1 Å². The van der Waals surface area contributed by atoms with Crippen molar-refractivity contribution in [3.63, 3.8) is 0 Å². The summed E-state index contributed by atoms with van der Waals surface area (Å²) < 4.78 is 12.3. The van der Waals surface area contributed by atoms with Gasteiger partial charge in [0.2, 0.25) is 0 Å². The fourth-order valence-corrected chi connectivity index (χ4v) is 2.46. The molecule has 0 atom stereocenters. The molecule has 0 unspecified atom stereocenters. The molecule has 22 heavy (non-hydrogen) atoms. The second kappa shape index (κ2) is 4.42. The number of methoxy groups -OCH3 is 2. The van der Waals surface area contributed by atoms with Crippen molar-refractivity contribution in [1.29, 1.82) is 0 Å². The topological polar surface area (TPSA) is 94.1 Å². The Morgan fingerprint density at radius 3 is 2.36 bits per heavy atom. The Labute approximate surface area is 124 Å². The van der Waals surface area contributed by atoms with Crippen LogP contribution in [0.15, 0.2) is 34.5 Å². The molecule has 2 heterocycles. The Morgan fingerprint density at radius 2 is 1.77 bits per heavy atom. The molecule has 2 aromatic carbocycles. The van der Waals surface area contributed by atoms with Gasteiger partial charge in [0.1, 0.15) is 22.6 Å². The summed E-state index contributed by atoms with van der Waals surface area (Å²) >= 11 is 0. The molecule has 0 saturated heterocycles. The van der Waals surface area contributed by atoms with Crippen LogP contribution in [0.3, 0.4) is 0 Å². The van der Waals surface area contributed by atoms with E-state index in [1.807, 2.05) is 12.1 Å². The summed E-state index contributed by atoms with van der Waals surface area (Å²) in [5.41, 5.74) is 3.48. The minimum absolute atomic E-state index is 0.0414. The van der Waals surface area contributed by atoms with Crippen LogP contribution in [0.2, 0.25) is 0 Å². The minimum Gasteiger partial charge on any atom is -0.508 e. The smallest absolute Gasteiger partial charge is 0.152 e. The molecule has 1 aliphatic heterocycles. The SMILES string of the molecule is COc1cc(O)cc(OC)c1-n1nnc2c3c(ccc21)N=N3. The third-order valence-corrected chi connectivity index (χ3v) is 3.51. The molecule has 8 heteroatoms. The first-order valence-electron chi connectivity index (χ1n) is 6.48. The molecule has 0 bridgehead atoms. The second-order valence-corrected chi connectivity index (χ2v) is 4.70. The van der Waals surface area contributed by atoms with Crippen LogP contribution in [0.5, 0.6) is 17.2 Å². The molecular formula is C14H11N5O3. The van der Waals surface area contributed by atoms with E-state index in [2.05, 4.69) is 20.5 Å². The first kappa shape index (κ1) is 12.6. The summed E-state index contributed by atoms with van der Waals surface area (Å²) in [7, 11) is 3.02. The van der Waals surface area contributed by atoms with Crippen LogP contribution in [-0.4, -0.2) is 34.3 Å². The van der Waals surface area contributed by atoms with Crippen molar-refractivity contribution in [2.45, 2.75) is 0 Å². The highest BCUT2D eigenvalue weighted by atomic mass is 16.5. The maximum absolute atomic E-state index is 9.75. The van der Waals surface area contributed by atoms with Gasteiger partial charge in [-0.05, 0) is 12.1 Å². The van der Waals surface area contributed by atoms with Gasteiger partial charge in [-0.25, -0.2) is 4.68 Å². The lowest BCUT2D eigenvalue weighted by Crippen LogP contribution is -2.03. The van der Waals surface area contributed by atoms with Crippen molar-refractivity contribution >= 4 is 22.4 Å². The van der Waals surface area contributed by atoms with Gasteiger partial charge in [0.05, 0.1) is 19.7 Å². The number of aromatic nitrogens is 3. The number of aromatic hydroxyl groups is 1. The first-order valence-corrected chi connectivity index (χ1v) is 6.48. The van der Waals surface area contributed by atoms with Crippen LogP contribution in [0.4, 0.5) is 11.4 Å². The van der Waals surface area contributed by atoms with Gasteiger partial charge in [0.15, 0.2) is 17.2 Å². The van der Waals surface area contributed by atoms with E-state index in [1.165, 1.54) is 26.4 Å². The number of hydrogen-bond acceptors (Lipinski definition) is 7.